The third-order valence-corrected chi connectivity index (χ3v) is 7.25. The number of carbonyl (C=O) groups excluding carboxylic acids is 4. The first-order valence-electron chi connectivity index (χ1n) is 14.5. The van der Waals surface area contributed by atoms with Crippen LogP contribution in [0, 0.1) is 11.8 Å². The molecule has 1 aliphatic rings. The highest BCUT2D eigenvalue weighted by atomic mass is 16.6. The third kappa shape index (κ3) is 7.31. The average molecular weight is 586 g/mol. The van der Waals surface area contributed by atoms with Gasteiger partial charge in [0.1, 0.15) is 12.2 Å². The van der Waals surface area contributed by atoms with Crippen molar-refractivity contribution in [3.63, 3.8) is 0 Å². The SMILES string of the molecule is CC(C)[C@H]1N(C(=O)[C@@H](CC(=O)OCc2ccccc2)CC(=O)OC(C)(C)C)C(=O)OC1(c1ccccc1)c1ccccc1. The quantitative estimate of drug-likeness (QED) is 0.200. The zero-order chi connectivity index (χ0) is 31.2. The largest absolute Gasteiger partial charge is 0.461 e. The van der Waals surface area contributed by atoms with Crippen LogP contribution >= 0.6 is 0 Å². The van der Waals surface area contributed by atoms with Crippen LogP contribution in [0.2, 0.25) is 0 Å². The molecule has 8 heteroatoms. The molecular weight excluding hydrogens is 546 g/mol. The molecule has 0 N–H and O–H groups in total. The Labute approximate surface area is 252 Å². The maximum atomic E-state index is 14.3. The summed E-state index contributed by atoms with van der Waals surface area (Å²) in [5.74, 6) is -3.50. The molecule has 1 aliphatic heterocycles. The van der Waals surface area contributed by atoms with Crippen LogP contribution in [0.5, 0.6) is 0 Å². The summed E-state index contributed by atoms with van der Waals surface area (Å²) in [6.45, 7) is 8.98. The number of benzene rings is 3. The molecule has 4 rings (SSSR count). The number of nitrogens with zero attached hydrogens (tertiary/aromatic N) is 1. The lowest BCUT2D eigenvalue weighted by Gasteiger charge is -2.38. The highest BCUT2D eigenvalue weighted by molar-refractivity contribution is 5.98. The molecule has 0 bridgehead atoms. The van der Waals surface area contributed by atoms with Gasteiger partial charge in [-0.05, 0) is 32.3 Å². The van der Waals surface area contributed by atoms with Gasteiger partial charge in [0.15, 0.2) is 5.60 Å². The second-order valence-corrected chi connectivity index (χ2v) is 12.1. The molecule has 2 amide bonds. The molecular formula is C35H39NO7. The first-order valence-corrected chi connectivity index (χ1v) is 14.5. The van der Waals surface area contributed by atoms with Crippen LogP contribution in [0.4, 0.5) is 4.79 Å². The van der Waals surface area contributed by atoms with Gasteiger partial charge in [-0.3, -0.25) is 14.4 Å². The van der Waals surface area contributed by atoms with E-state index in [4.69, 9.17) is 14.2 Å². The third-order valence-electron chi connectivity index (χ3n) is 7.25. The zero-order valence-electron chi connectivity index (χ0n) is 25.3. The lowest BCUT2D eigenvalue weighted by atomic mass is 9.75. The van der Waals surface area contributed by atoms with E-state index in [-0.39, 0.29) is 12.5 Å². The van der Waals surface area contributed by atoms with Gasteiger partial charge in [-0.15, -0.1) is 0 Å². The summed E-state index contributed by atoms with van der Waals surface area (Å²) >= 11 is 0. The van der Waals surface area contributed by atoms with Crippen LogP contribution < -0.4 is 0 Å². The van der Waals surface area contributed by atoms with Crippen molar-refractivity contribution in [3.05, 3.63) is 108 Å². The van der Waals surface area contributed by atoms with E-state index in [9.17, 15) is 19.2 Å². The summed E-state index contributed by atoms with van der Waals surface area (Å²) in [6.07, 6.45) is -1.67. The summed E-state index contributed by atoms with van der Waals surface area (Å²) in [5, 5.41) is 0. The molecule has 226 valence electrons. The summed E-state index contributed by atoms with van der Waals surface area (Å²) in [7, 11) is 0. The van der Waals surface area contributed by atoms with E-state index >= 15 is 0 Å². The van der Waals surface area contributed by atoms with Crippen molar-refractivity contribution in [2.45, 2.75) is 71.3 Å². The number of cyclic esters (lactones) is 1. The second kappa shape index (κ2) is 13.2. The normalized spacial score (nSPS) is 16.8. The van der Waals surface area contributed by atoms with Crippen molar-refractivity contribution in [3.8, 4) is 0 Å². The number of hydrogen-bond acceptors (Lipinski definition) is 7. The number of esters is 2. The Kier molecular flexibility index (Phi) is 9.69. The fraction of sp³-hybridized carbons (Fsp3) is 0.371. The van der Waals surface area contributed by atoms with E-state index < -0.39 is 59.9 Å². The van der Waals surface area contributed by atoms with Crippen LogP contribution in [0.3, 0.4) is 0 Å². The lowest BCUT2D eigenvalue weighted by molar-refractivity contribution is -0.160. The van der Waals surface area contributed by atoms with Crippen molar-refractivity contribution >= 4 is 23.9 Å². The fourth-order valence-corrected chi connectivity index (χ4v) is 5.56. The topological polar surface area (TPSA) is 99.2 Å². The summed E-state index contributed by atoms with van der Waals surface area (Å²) in [6, 6.07) is 27.0. The summed E-state index contributed by atoms with van der Waals surface area (Å²) < 4.78 is 17.2. The Hall–Kier alpha value is -4.46. The molecule has 8 nitrogen and oxygen atoms in total. The standard InChI is InChI=1S/C35H39NO7/c1-24(2)31-35(27-17-11-7-12-18-27,28-19-13-8-14-20-28)43-33(40)36(31)32(39)26(22-30(38)42-34(3,4)5)21-29(37)41-23-25-15-9-6-10-16-25/h6-20,24,26,31H,21-23H2,1-5H3/t26-,31+/m0/s1. The average Bonchev–Trinajstić information content (AvgIpc) is 3.30. The van der Waals surface area contributed by atoms with Gasteiger partial charge in [0.05, 0.1) is 24.8 Å². The van der Waals surface area contributed by atoms with Gasteiger partial charge >= 0.3 is 18.0 Å². The molecule has 1 heterocycles. The molecule has 1 fully saturated rings. The summed E-state index contributed by atoms with van der Waals surface area (Å²) in [5.41, 5.74) is 0.0723. The smallest absolute Gasteiger partial charge is 0.418 e. The van der Waals surface area contributed by atoms with Crippen LogP contribution in [-0.2, 0) is 40.8 Å². The van der Waals surface area contributed by atoms with Gasteiger partial charge < -0.3 is 14.2 Å². The van der Waals surface area contributed by atoms with Gasteiger partial charge in [0.25, 0.3) is 0 Å². The molecule has 3 aromatic carbocycles. The minimum Gasteiger partial charge on any atom is -0.461 e. The van der Waals surface area contributed by atoms with E-state index in [1.165, 1.54) is 0 Å². The number of carbonyl (C=O) groups is 4. The Morgan fingerprint density at radius 1 is 0.814 bits per heavy atom. The fourth-order valence-electron chi connectivity index (χ4n) is 5.56. The predicted molar refractivity (Wildman–Crippen MR) is 160 cm³/mol. The van der Waals surface area contributed by atoms with Gasteiger partial charge in [0.2, 0.25) is 5.91 Å². The number of ether oxygens (including phenoxy) is 3. The molecule has 0 saturated carbocycles. The zero-order valence-corrected chi connectivity index (χ0v) is 25.3. The maximum absolute atomic E-state index is 14.3. The first-order chi connectivity index (χ1) is 20.4. The molecule has 0 aliphatic carbocycles. The first kappa shape index (κ1) is 31.5. The molecule has 43 heavy (non-hydrogen) atoms. The Morgan fingerprint density at radius 2 is 1.30 bits per heavy atom. The Morgan fingerprint density at radius 3 is 1.79 bits per heavy atom. The number of imide groups is 1. The van der Waals surface area contributed by atoms with E-state index in [0.717, 1.165) is 10.5 Å². The second-order valence-electron chi connectivity index (χ2n) is 12.1. The van der Waals surface area contributed by atoms with Gasteiger partial charge in [-0.2, -0.15) is 0 Å². The minimum absolute atomic E-state index is 0.0124. The minimum atomic E-state index is -1.31. The van der Waals surface area contributed by atoms with Gasteiger partial charge in [0, 0.05) is 11.1 Å². The Balaban J connectivity index is 1.70. The van der Waals surface area contributed by atoms with E-state index in [1.807, 2.05) is 105 Å². The van der Waals surface area contributed by atoms with Gasteiger partial charge in [-0.1, -0.05) is 105 Å². The van der Waals surface area contributed by atoms with Crippen molar-refractivity contribution in [1.82, 2.24) is 4.90 Å². The van der Waals surface area contributed by atoms with E-state index in [2.05, 4.69) is 0 Å². The molecule has 1 saturated heterocycles. The number of amides is 2. The monoisotopic (exact) mass is 585 g/mol. The van der Waals surface area contributed by atoms with Crippen LogP contribution in [-0.4, -0.2) is 40.5 Å². The van der Waals surface area contributed by atoms with Crippen molar-refractivity contribution in [1.29, 1.82) is 0 Å². The molecule has 2 atom stereocenters. The predicted octanol–water partition coefficient (Wildman–Crippen LogP) is 6.42. The number of hydrogen-bond donors (Lipinski definition) is 0. The van der Waals surface area contributed by atoms with E-state index in [0.29, 0.717) is 11.1 Å². The van der Waals surface area contributed by atoms with Crippen LogP contribution in [0.1, 0.15) is 64.2 Å². The summed E-state index contributed by atoms with van der Waals surface area (Å²) in [4.78, 5) is 55.2. The van der Waals surface area contributed by atoms with Gasteiger partial charge in [-0.25, -0.2) is 9.69 Å². The highest BCUT2D eigenvalue weighted by Crippen LogP contribution is 2.48. The number of rotatable bonds is 10. The molecule has 0 unspecified atom stereocenters. The highest BCUT2D eigenvalue weighted by Gasteiger charge is 2.60. The van der Waals surface area contributed by atoms with Crippen molar-refractivity contribution in [2.24, 2.45) is 11.8 Å². The molecule has 3 aromatic rings. The van der Waals surface area contributed by atoms with Crippen LogP contribution in [0.25, 0.3) is 0 Å². The molecule has 0 aromatic heterocycles. The lowest BCUT2D eigenvalue weighted by Crippen LogP contribution is -2.51. The molecule has 0 spiro atoms. The maximum Gasteiger partial charge on any atom is 0.418 e. The van der Waals surface area contributed by atoms with E-state index in [1.54, 1.807) is 20.8 Å². The molecule has 0 radical (unpaired) electrons. The van der Waals surface area contributed by atoms with Crippen molar-refractivity contribution < 1.29 is 33.4 Å². The Bertz CT molecular complexity index is 1380. The van der Waals surface area contributed by atoms with Crippen LogP contribution in [0.15, 0.2) is 91.0 Å². The van der Waals surface area contributed by atoms with Crippen molar-refractivity contribution in [2.75, 3.05) is 0 Å².